The molecule has 0 aromatic carbocycles. The summed E-state index contributed by atoms with van der Waals surface area (Å²) in [7, 11) is 0. The first-order valence-electron chi connectivity index (χ1n) is 7.73. The molecule has 0 unspecified atom stereocenters. The topological polar surface area (TPSA) is 78.8 Å². The smallest absolute Gasteiger partial charge is 0.316 e. The van der Waals surface area contributed by atoms with Crippen molar-refractivity contribution in [3.8, 4) is 6.01 Å². The van der Waals surface area contributed by atoms with Crippen LogP contribution in [0.15, 0.2) is 24.5 Å². The van der Waals surface area contributed by atoms with Gasteiger partial charge in [-0.1, -0.05) is 0 Å². The summed E-state index contributed by atoms with van der Waals surface area (Å²) in [5.41, 5.74) is 7.06. The largest absolute Gasteiger partial charge is 0.460 e. The van der Waals surface area contributed by atoms with Crippen LogP contribution in [0.3, 0.4) is 0 Å². The minimum Gasteiger partial charge on any atom is -0.460 e. The summed E-state index contributed by atoms with van der Waals surface area (Å²) in [6, 6.07) is 4.23. The zero-order valence-corrected chi connectivity index (χ0v) is 13.4. The van der Waals surface area contributed by atoms with Crippen LogP contribution in [0.4, 0.5) is 5.82 Å². The fraction of sp³-hybridized carbons (Fsp3) is 0.562. The first-order valence-corrected chi connectivity index (χ1v) is 7.73. The van der Waals surface area contributed by atoms with Crippen molar-refractivity contribution in [2.24, 2.45) is 0 Å². The van der Waals surface area contributed by atoms with Crippen molar-refractivity contribution in [1.82, 2.24) is 19.7 Å². The molecule has 118 valence electrons. The van der Waals surface area contributed by atoms with Crippen molar-refractivity contribution in [1.29, 1.82) is 0 Å². The first-order chi connectivity index (χ1) is 10.4. The summed E-state index contributed by atoms with van der Waals surface area (Å²) < 4.78 is 7.74. The van der Waals surface area contributed by atoms with Gasteiger partial charge in [0.25, 0.3) is 0 Å². The molecular formula is C16H23N5O. The molecule has 0 amide bonds. The van der Waals surface area contributed by atoms with Gasteiger partial charge in [-0.25, -0.2) is 14.6 Å². The summed E-state index contributed by atoms with van der Waals surface area (Å²) >= 11 is 0. The third-order valence-corrected chi connectivity index (χ3v) is 4.01. The number of nitrogens with zero attached hydrogens (tertiary/aromatic N) is 4. The summed E-state index contributed by atoms with van der Waals surface area (Å²) in [5.74, 6) is 1.11. The number of nitrogens with two attached hydrogens (primary N) is 1. The molecule has 0 radical (unpaired) electrons. The lowest BCUT2D eigenvalue weighted by atomic mass is 10.0. The highest BCUT2D eigenvalue weighted by Gasteiger charge is 2.31. The Hall–Kier alpha value is -2.11. The second-order valence-corrected chi connectivity index (χ2v) is 6.86. The highest BCUT2D eigenvalue weighted by Crippen LogP contribution is 2.36. The predicted molar refractivity (Wildman–Crippen MR) is 84.7 cm³/mol. The molecule has 1 aliphatic rings. The molecule has 1 fully saturated rings. The SMILES string of the molecule is CC(C)(C)n1nc([C@H]2CC[C@@H](Oc3ncccn3)C2)cc1N. The summed E-state index contributed by atoms with van der Waals surface area (Å²) in [5, 5.41) is 4.71. The van der Waals surface area contributed by atoms with E-state index in [1.165, 1.54) is 0 Å². The molecule has 0 spiro atoms. The highest BCUT2D eigenvalue weighted by molar-refractivity contribution is 5.34. The van der Waals surface area contributed by atoms with Crippen LogP contribution in [0.25, 0.3) is 0 Å². The van der Waals surface area contributed by atoms with Crippen molar-refractivity contribution in [3.63, 3.8) is 0 Å². The van der Waals surface area contributed by atoms with Gasteiger partial charge in [0.1, 0.15) is 11.9 Å². The van der Waals surface area contributed by atoms with Crippen LogP contribution in [0.2, 0.25) is 0 Å². The molecule has 1 saturated carbocycles. The van der Waals surface area contributed by atoms with Crippen LogP contribution in [0.5, 0.6) is 6.01 Å². The van der Waals surface area contributed by atoms with Crippen LogP contribution in [0, 0.1) is 0 Å². The number of anilines is 1. The maximum Gasteiger partial charge on any atom is 0.316 e. The van der Waals surface area contributed by atoms with Gasteiger partial charge >= 0.3 is 6.01 Å². The van der Waals surface area contributed by atoms with Crippen LogP contribution in [-0.2, 0) is 5.54 Å². The summed E-state index contributed by atoms with van der Waals surface area (Å²) in [6.07, 6.45) is 6.51. The number of rotatable bonds is 3. The zero-order valence-electron chi connectivity index (χ0n) is 13.4. The highest BCUT2D eigenvalue weighted by atomic mass is 16.5. The van der Waals surface area contributed by atoms with Crippen LogP contribution in [-0.4, -0.2) is 25.9 Å². The number of hydrogen-bond donors (Lipinski definition) is 1. The third-order valence-electron chi connectivity index (χ3n) is 4.01. The van der Waals surface area contributed by atoms with Gasteiger partial charge in [-0.2, -0.15) is 5.10 Å². The van der Waals surface area contributed by atoms with Gasteiger partial charge in [0, 0.05) is 24.4 Å². The minimum absolute atomic E-state index is 0.102. The molecule has 2 N–H and O–H groups in total. The number of aromatic nitrogens is 4. The van der Waals surface area contributed by atoms with E-state index in [0.29, 0.717) is 11.9 Å². The average molecular weight is 301 g/mol. The molecule has 0 bridgehead atoms. The van der Waals surface area contributed by atoms with E-state index in [1.807, 2.05) is 10.7 Å². The van der Waals surface area contributed by atoms with Gasteiger partial charge in [-0.3, -0.25) is 0 Å². The van der Waals surface area contributed by atoms with Crippen molar-refractivity contribution < 1.29 is 4.74 Å². The van der Waals surface area contributed by atoms with Gasteiger partial charge < -0.3 is 10.5 Å². The number of ether oxygens (including phenoxy) is 1. The lowest BCUT2D eigenvalue weighted by Crippen LogP contribution is -2.25. The van der Waals surface area contributed by atoms with Crippen molar-refractivity contribution >= 4 is 5.82 Å². The van der Waals surface area contributed by atoms with Gasteiger partial charge in [0.2, 0.25) is 0 Å². The van der Waals surface area contributed by atoms with Crippen LogP contribution < -0.4 is 10.5 Å². The molecule has 2 aromatic heterocycles. The van der Waals surface area contributed by atoms with Crippen molar-refractivity contribution in [2.45, 2.75) is 57.6 Å². The monoisotopic (exact) mass is 301 g/mol. The van der Waals surface area contributed by atoms with E-state index < -0.39 is 0 Å². The minimum atomic E-state index is -0.102. The van der Waals surface area contributed by atoms with Gasteiger partial charge in [0.05, 0.1) is 11.2 Å². The van der Waals surface area contributed by atoms with E-state index >= 15 is 0 Å². The molecule has 0 saturated heterocycles. The molecule has 1 aliphatic carbocycles. The quantitative estimate of drug-likeness (QED) is 0.943. The second kappa shape index (κ2) is 5.59. The summed E-state index contributed by atoms with van der Waals surface area (Å²) in [6.45, 7) is 6.31. The van der Waals surface area contributed by atoms with E-state index in [1.54, 1.807) is 18.5 Å². The standard InChI is InChI=1S/C16H23N5O/c1-16(2,3)21-14(17)10-13(20-21)11-5-6-12(9-11)22-15-18-7-4-8-19-15/h4,7-8,10-12H,5-6,9,17H2,1-3H3/t11-,12+/m0/s1. The predicted octanol–water partition coefficient (Wildman–Crippen LogP) is 2.73. The Kier molecular flexibility index (Phi) is 3.76. The van der Waals surface area contributed by atoms with E-state index in [0.717, 1.165) is 30.8 Å². The zero-order chi connectivity index (χ0) is 15.7. The lowest BCUT2D eigenvalue weighted by Gasteiger charge is -2.20. The maximum atomic E-state index is 6.10. The third kappa shape index (κ3) is 3.05. The average Bonchev–Trinajstić information content (AvgIpc) is 3.06. The normalized spacial score (nSPS) is 22.0. The number of nitrogen functional groups attached to an aromatic ring is 1. The molecule has 2 heterocycles. The fourth-order valence-corrected chi connectivity index (χ4v) is 2.96. The fourth-order valence-electron chi connectivity index (χ4n) is 2.96. The maximum absolute atomic E-state index is 6.10. The molecule has 2 atom stereocenters. The van der Waals surface area contributed by atoms with E-state index in [2.05, 4.69) is 30.7 Å². The Labute approximate surface area is 130 Å². The van der Waals surface area contributed by atoms with Crippen molar-refractivity contribution in [2.75, 3.05) is 5.73 Å². The van der Waals surface area contributed by atoms with Crippen LogP contribution >= 0.6 is 0 Å². The molecule has 0 aliphatic heterocycles. The number of hydrogen-bond acceptors (Lipinski definition) is 5. The Morgan fingerprint density at radius 1 is 1.23 bits per heavy atom. The second-order valence-electron chi connectivity index (χ2n) is 6.86. The molecule has 22 heavy (non-hydrogen) atoms. The molecular weight excluding hydrogens is 278 g/mol. The van der Waals surface area contributed by atoms with Gasteiger partial charge in [-0.05, 0) is 46.1 Å². The Bertz CT molecular complexity index is 632. The van der Waals surface area contributed by atoms with E-state index in [9.17, 15) is 0 Å². The Morgan fingerprint density at radius 3 is 2.59 bits per heavy atom. The van der Waals surface area contributed by atoms with Gasteiger partial charge in [-0.15, -0.1) is 0 Å². The van der Waals surface area contributed by atoms with E-state index in [4.69, 9.17) is 15.6 Å². The Morgan fingerprint density at radius 2 is 1.95 bits per heavy atom. The van der Waals surface area contributed by atoms with Gasteiger partial charge in [0.15, 0.2) is 0 Å². The summed E-state index contributed by atoms with van der Waals surface area (Å²) in [4.78, 5) is 8.23. The molecule has 3 rings (SSSR count). The first kappa shape index (κ1) is 14.8. The van der Waals surface area contributed by atoms with Crippen molar-refractivity contribution in [3.05, 3.63) is 30.2 Å². The van der Waals surface area contributed by atoms with Crippen LogP contribution in [0.1, 0.15) is 51.6 Å². The lowest BCUT2D eigenvalue weighted by molar-refractivity contribution is 0.190. The molecule has 6 nitrogen and oxygen atoms in total. The van der Waals surface area contributed by atoms with E-state index in [-0.39, 0.29) is 11.6 Å². The molecule has 2 aromatic rings. The Balaban J connectivity index is 1.68. The molecule has 6 heteroatoms.